The number of ether oxygens (including phenoxy) is 1. The van der Waals surface area contributed by atoms with Gasteiger partial charge in [0, 0.05) is 34.1 Å². The zero-order valence-electron chi connectivity index (χ0n) is 16.1. The quantitative estimate of drug-likeness (QED) is 0.366. The van der Waals surface area contributed by atoms with Gasteiger partial charge < -0.3 is 15.8 Å². The van der Waals surface area contributed by atoms with Gasteiger partial charge in [-0.15, -0.1) is 0 Å². The van der Waals surface area contributed by atoms with Crippen molar-refractivity contribution in [1.29, 1.82) is 0 Å². The Kier molecular flexibility index (Phi) is 4.17. The molecule has 0 radical (unpaired) electrons. The number of nitrogens with one attached hydrogen (secondary N) is 1. The molecule has 1 heterocycles. The first-order valence-electron chi connectivity index (χ1n) is 9.61. The van der Waals surface area contributed by atoms with Crippen LogP contribution in [-0.4, -0.2) is 12.9 Å². The molecule has 0 spiro atoms. The van der Waals surface area contributed by atoms with E-state index in [1.54, 1.807) is 7.11 Å². The number of hydrogen-bond donors (Lipinski definition) is 2. The molecular weight excluding hydrogens is 358 g/mol. The molecule has 0 saturated heterocycles. The molecule has 0 bridgehead atoms. The number of hydrogen-bond acceptors (Lipinski definition) is 3. The van der Waals surface area contributed by atoms with Crippen LogP contribution in [0.15, 0.2) is 83.9 Å². The lowest BCUT2D eigenvalue weighted by Crippen LogP contribution is -2.18. The molecule has 4 aromatic carbocycles. The normalized spacial score (nSPS) is 12.8. The van der Waals surface area contributed by atoms with Crippen molar-refractivity contribution < 1.29 is 4.74 Å². The smallest absolute Gasteiger partial charge is 0.132 e. The molecular formula is C25H21N3O. The first-order valence-corrected chi connectivity index (χ1v) is 9.61. The Morgan fingerprint density at radius 2 is 1.69 bits per heavy atom. The summed E-state index contributed by atoms with van der Waals surface area (Å²) >= 11 is 0. The predicted octanol–water partition coefficient (Wildman–Crippen LogP) is 5.48. The minimum Gasteiger partial charge on any atom is -0.496 e. The van der Waals surface area contributed by atoms with Gasteiger partial charge >= 0.3 is 0 Å². The van der Waals surface area contributed by atoms with Crippen LogP contribution in [0.3, 0.4) is 0 Å². The van der Waals surface area contributed by atoms with Crippen LogP contribution < -0.4 is 15.8 Å². The Morgan fingerprint density at radius 1 is 0.897 bits per heavy atom. The maximum absolute atomic E-state index is 6.56. The highest BCUT2D eigenvalue weighted by Crippen LogP contribution is 2.39. The summed E-state index contributed by atoms with van der Waals surface area (Å²) in [7, 11) is 1.68. The van der Waals surface area contributed by atoms with Crippen LogP contribution in [0.25, 0.3) is 21.9 Å². The molecule has 0 aliphatic carbocycles. The van der Waals surface area contributed by atoms with E-state index in [4.69, 9.17) is 15.5 Å². The second-order valence-electron chi connectivity index (χ2n) is 7.07. The fraction of sp³-hybridized carbons (Fsp3) is 0.0800. The van der Waals surface area contributed by atoms with E-state index >= 15 is 0 Å². The molecule has 5 rings (SSSR count). The third-order valence-corrected chi connectivity index (χ3v) is 5.42. The molecule has 0 saturated carbocycles. The number of methoxy groups -OCH3 is 1. The van der Waals surface area contributed by atoms with Crippen LogP contribution in [0.2, 0.25) is 0 Å². The Hall–Kier alpha value is -3.79. The van der Waals surface area contributed by atoms with Gasteiger partial charge in [-0.3, -0.25) is 0 Å². The summed E-state index contributed by atoms with van der Waals surface area (Å²) in [5, 5.41) is 5.53. The van der Waals surface area contributed by atoms with Crippen molar-refractivity contribution in [2.75, 3.05) is 12.4 Å². The van der Waals surface area contributed by atoms with Crippen molar-refractivity contribution in [3.63, 3.8) is 0 Å². The van der Waals surface area contributed by atoms with E-state index in [0.29, 0.717) is 5.84 Å². The molecule has 0 unspecified atom stereocenters. The molecule has 4 aromatic rings. The van der Waals surface area contributed by atoms with Gasteiger partial charge in [-0.1, -0.05) is 60.7 Å². The van der Waals surface area contributed by atoms with Gasteiger partial charge in [0.1, 0.15) is 11.6 Å². The van der Waals surface area contributed by atoms with Crippen LogP contribution in [0.4, 0.5) is 11.4 Å². The zero-order valence-corrected chi connectivity index (χ0v) is 16.1. The van der Waals surface area contributed by atoms with Gasteiger partial charge in [-0.25, -0.2) is 4.99 Å². The first kappa shape index (κ1) is 17.3. The van der Waals surface area contributed by atoms with Crippen LogP contribution in [0.1, 0.15) is 11.1 Å². The summed E-state index contributed by atoms with van der Waals surface area (Å²) in [4.78, 5) is 4.82. The lowest BCUT2D eigenvalue weighted by molar-refractivity contribution is 0.420. The van der Waals surface area contributed by atoms with Crippen molar-refractivity contribution in [1.82, 2.24) is 0 Å². The Balaban J connectivity index is 1.68. The molecule has 0 aromatic heterocycles. The SMILES string of the molecule is COc1ccc(N=C(N)c2cccc3c2-c2ccccc2CN3)c2ccccc12. The second kappa shape index (κ2) is 6.99. The summed E-state index contributed by atoms with van der Waals surface area (Å²) in [6.45, 7) is 0.812. The highest BCUT2D eigenvalue weighted by molar-refractivity contribution is 6.09. The third-order valence-electron chi connectivity index (χ3n) is 5.42. The van der Waals surface area contributed by atoms with Crippen LogP contribution in [0.5, 0.6) is 5.75 Å². The fourth-order valence-electron chi connectivity index (χ4n) is 4.03. The van der Waals surface area contributed by atoms with Crippen molar-refractivity contribution in [2.24, 2.45) is 10.7 Å². The number of rotatable bonds is 3. The van der Waals surface area contributed by atoms with E-state index in [-0.39, 0.29) is 0 Å². The maximum atomic E-state index is 6.56. The minimum atomic E-state index is 0.496. The van der Waals surface area contributed by atoms with E-state index in [1.807, 2.05) is 48.5 Å². The number of nitrogens with two attached hydrogens (primary N) is 1. The van der Waals surface area contributed by atoms with Crippen molar-refractivity contribution >= 4 is 28.0 Å². The molecule has 4 nitrogen and oxygen atoms in total. The molecule has 1 aliphatic rings. The number of amidine groups is 1. The van der Waals surface area contributed by atoms with Crippen molar-refractivity contribution in [2.45, 2.75) is 6.54 Å². The van der Waals surface area contributed by atoms with E-state index in [9.17, 15) is 0 Å². The van der Waals surface area contributed by atoms with Gasteiger partial charge in [0.15, 0.2) is 0 Å². The van der Waals surface area contributed by atoms with Crippen molar-refractivity contribution in [3.8, 4) is 16.9 Å². The van der Waals surface area contributed by atoms with Gasteiger partial charge in [0.25, 0.3) is 0 Å². The maximum Gasteiger partial charge on any atom is 0.132 e. The number of fused-ring (bicyclic) bond motifs is 4. The molecule has 3 N–H and O–H groups in total. The van der Waals surface area contributed by atoms with Crippen LogP contribution in [-0.2, 0) is 6.54 Å². The molecule has 0 amide bonds. The summed E-state index contributed by atoms with van der Waals surface area (Å²) < 4.78 is 5.50. The molecule has 4 heteroatoms. The second-order valence-corrected chi connectivity index (χ2v) is 7.07. The Bertz CT molecular complexity index is 1260. The molecule has 29 heavy (non-hydrogen) atoms. The fourth-order valence-corrected chi connectivity index (χ4v) is 4.03. The highest BCUT2D eigenvalue weighted by Gasteiger charge is 2.20. The highest BCUT2D eigenvalue weighted by atomic mass is 16.5. The van der Waals surface area contributed by atoms with E-state index < -0.39 is 0 Å². The monoisotopic (exact) mass is 379 g/mol. The third kappa shape index (κ3) is 2.90. The standard InChI is InChI=1S/C25H21N3O/c1-29-23-14-13-21(18-9-4-5-10-19(18)23)28-25(26)20-11-6-12-22-24(20)17-8-3-2-7-16(17)15-27-22/h2-14,27H,15H2,1H3,(H2,26,28). The van der Waals surface area contributed by atoms with Gasteiger partial charge in [-0.2, -0.15) is 0 Å². The largest absolute Gasteiger partial charge is 0.496 e. The lowest BCUT2D eigenvalue weighted by Gasteiger charge is -2.24. The van der Waals surface area contributed by atoms with E-state index in [0.717, 1.165) is 45.6 Å². The summed E-state index contributed by atoms with van der Waals surface area (Å²) in [6, 6.07) is 26.5. The average molecular weight is 379 g/mol. The van der Waals surface area contributed by atoms with Gasteiger partial charge in [-0.05, 0) is 29.3 Å². The summed E-state index contributed by atoms with van der Waals surface area (Å²) in [6.07, 6.45) is 0. The zero-order chi connectivity index (χ0) is 19.8. The minimum absolute atomic E-state index is 0.496. The lowest BCUT2D eigenvalue weighted by atomic mass is 9.90. The van der Waals surface area contributed by atoms with Gasteiger partial charge in [0.2, 0.25) is 0 Å². The van der Waals surface area contributed by atoms with Crippen molar-refractivity contribution in [3.05, 3.63) is 90.0 Å². The Morgan fingerprint density at radius 3 is 2.55 bits per heavy atom. The number of benzene rings is 4. The predicted molar refractivity (Wildman–Crippen MR) is 120 cm³/mol. The Labute approximate surface area is 169 Å². The summed E-state index contributed by atoms with van der Waals surface area (Å²) in [5.41, 5.74) is 13.0. The molecule has 1 aliphatic heterocycles. The molecule has 142 valence electrons. The topological polar surface area (TPSA) is 59.6 Å². The number of nitrogens with zero attached hydrogens (tertiary/aromatic N) is 1. The van der Waals surface area contributed by atoms with E-state index in [2.05, 4.69) is 35.6 Å². The van der Waals surface area contributed by atoms with Crippen LogP contribution >= 0.6 is 0 Å². The average Bonchev–Trinajstić information content (AvgIpc) is 2.78. The van der Waals surface area contributed by atoms with E-state index in [1.165, 1.54) is 11.1 Å². The molecule has 0 atom stereocenters. The molecule has 0 fully saturated rings. The van der Waals surface area contributed by atoms with Crippen LogP contribution in [0, 0.1) is 0 Å². The number of anilines is 1. The first-order chi connectivity index (χ1) is 14.3. The van der Waals surface area contributed by atoms with Gasteiger partial charge in [0.05, 0.1) is 12.8 Å². The summed E-state index contributed by atoms with van der Waals surface area (Å²) in [5.74, 6) is 1.32. The number of aliphatic imine (C=N–C) groups is 1.